The highest BCUT2D eigenvalue weighted by molar-refractivity contribution is 7.94. The zero-order chi connectivity index (χ0) is 21.0. The average molecular weight is 417 g/mol. The Labute approximate surface area is 170 Å². The summed E-state index contributed by atoms with van der Waals surface area (Å²) in [7, 11) is -0.376. The first kappa shape index (κ1) is 20.7. The smallest absolute Gasteiger partial charge is 0.262 e. The zero-order valence-corrected chi connectivity index (χ0v) is 17.3. The SMILES string of the molecule is CCOc1ccccc1C(=O)N(c1ccc(OC)cc1OC)[C@@H]1C=CS(=O)(=O)C1. The lowest BCUT2D eigenvalue weighted by atomic mass is 10.1. The van der Waals surface area contributed by atoms with E-state index in [-0.39, 0.29) is 11.7 Å². The van der Waals surface area contributed by atoms with Crippen LogP contribution in [0.2, 0.25) is 0 Å². The van der Waals surface area contributed by atoms with Crippen LogP contribution in [0.1, 0.15) is 17.3 Å². The van der Waals surface area contributed by atoms with E-state index in [1.165, 1.54) is 25.2 Å². The van der Waals surface area contributed by atoms with Gasteiger partial charge < -0.3 is 14.2 Å². The molecule has 3 rings (SSSR count). The van der Waals surface area contributed by atoms with Gasteiger partial charge in [-0.2, -0.15) is 0 Å². The van der Waals surface area contributed by atoms with Crippen molar-refractivity contribution in [1.29, 1.82) is 0 Å². The maximum Gasteiger partial charge on any atom is 0.262 e. The van der Waals surface area contributed by atoms with E-state index < -0.39 is 15.9 Å². The number of ether oxygens (including phenoxy) is 3. The molecule has 0 fully saturated rings. The zero-order valence-electron chi connectivity index (χ0n) is 16.5. The normalized spacial score (nSPS) is 17.0. The van der Waals surface area contributed by atoms with Crippen LogP contribution in [0, 0.1) is 0 Å². The molecule has 1 aliphatic rings. The second-order valence-electron chi connectivity index (χ2n) is 6.37. The summed E-state index contributed by atoms with van der Waals surface area (Å²) in [6.07, 6.45) is 1.51. The molecule has 0 bridgehead atoms. The quantitative estimate of drug-likeness (QED) is 0.689. The first-order valence-corrected chi connectivity index (χ1v) is 10.8. The van der Waals surface area contributed by atoms with Crippen molar-refractivity contribution in [3.05, 3.63) is 59.5 Å². The van der Waals surface area contributed by atoms with Crippen molar-refractivity contribution in [1.82, 2.24) is 0 Å². The highest BCUT2D eigenvalue weighted by Gasteiger charge is 2.34. The summed E-state index contributed by atoms with van der Waals surface area (Å²) < 4.78 is 40.4. The molecule has 1 amide bonds. The number of benzene rings is 2. The molecule has 154 valence electrons. The second-order valence-corrected chi connectivity index (χ2v) is 8.30. The molecule has 1 atom stereocenters. The minimum absolute atomic E-state index is 0.204. The molecule has 0 spiro atoms. The summed E-state index contributed by atoms with van der Waals surface area (Å²) in [5.41, 5.74) is 0.779. The third-order valence-electron chi connectivity index (χ3n) is 4.53. The molecule has 1 heterocycles. The lowest BCUT2D eigenvalue weighted by Gasteiger charge is -2.29. The summed E-state index contributed by atoms with van der Waals surface area (Å²) in [4.78, 5) is 15.0. The van der Waals surface area contributed by atoms with Gasteiger partial charge in [0.1, 0.15) is 17.2 Å². The largest absolute Gasteiger partial charge is 0.497 e. The van der Waals surface area contributed by atoms with Gasteiger partial charge in [0.2, 0.25) is 0 Å². The van der Waals surface area contributed by atoms with Crippen LogP contribution in [-0.4, -0.2) is 46.9 Å². The fraction of sp³-hybridized carbons (Fsp3) is 0.286. The van der Waals surface area contributed by atoms with Crippen molar-refractivity contribution in [2.75, 3.05) is 31.5 Å². The van der Waals surface area contributed by atoms with E-state index in [9.17, 15) is 13.2 Å². The summed E-state index contributed by atoms with van der Waals surface area (Å²) in [5, 5.41) is 1.14. The highest BCUT2D eigenvalue weighted by atomic mass is 32.2. The number of rotatable bonds is 7. The Balaban J connectivity index is 2.13. The molecule has 1 aliphatic heterocycles. The maximum atomic E-state index is 13.6. The van der Waals surface area contributed by atoms with E-state index in [1.807, 2.05) is 6.92 Å². The van der Waals surface area contributed by atoms with Crippen LogP contribution in [0.25, 0.3) is 0 Å². The Morgan fingerprint density at radius 3 is 2.48 bits per heavy atom. The molecule has 2 aromatic carbocycles. The number of methoxy groups -OCH3 is 2. The third-order valence-corrected chi connectivity index (χ3v) is 5.90. The van der Waals surface area contributed by atoms with Gasteiger partial charge in [0.05, 0.1) is 43.9 Å². The van der Waals surface area contributed by atoms with Crippen LogP contribution in [0.15, 0.2) is 53.9 Å². The molecule has 0 saturated heterocycles. The average Bonchev–Trinajstić information content (AvgIpc) is 3.08. The van der Waals surface area contributed by atoms with Crippen molar-refractivity contribution >= 4 is 21.4 Å². The van der Waals surface area contributed by atoms with Gasteiger partial charge in [0.15, 0.2) is 9.84 Å². The Morgan fingerprint density at radius 1 is 1.10 bits per heavy atom. The van der Waals surface area contributed by atoms with Crippen molar-refractivity contribution in [2.45, 2.75) is 13.0 Å². The fourth-order valence-corrected chi connectivity index (χ4v) is 4.47. The molecule has 0 aliphatic carbocycles. The number of carbonyl (C=O) groups is 1. The van der Waals surface area contributed by atoms with Crippen molar-refractivity contribution in [3.8, 4) is 17.2 Å². The molecular formula is C21H23NO6S. The molecule has 0 saturated carbocycles. The molecule has 0 N–H and O–H groups in total. The standard InChI is InChI=1S/C21H23NO6S/c1-4-28-19-8-6-5-7-17(19)21(23)22(15-11-12-29(24,25)14-15)18-10-9-16(26-2)13-20(18)27-3/h5-13,15H,4,14H2,1-3H3/t15-/m1/s1. The predicted molar refractivity (Wildman–Crippen MR) is 111 cm³/mol. The molecule has 0 radical (unpaired) electrons. The van der Waals surface area contributed by atoms with Gasteiger partial charge in [-0.1, -0.05) is 12.1 Å². The molecule has 8 heteroatoms. The minimum atomic E-state index is -3.39. The van der Waals surface area contributed by atoms with Crippen LogP contribution < -0.4 is 19.1 Å². The Kier molecular flexibility index (Phi) is 6.12. The van der Waals surface area contributed by atoms with Gasteiger partial charge in [0.25, 0.3) is 5.91 Å². The molecule has 29 heavy (non-hydrogen) atoms. The predicted octanol–water partition coefficient (Wildman–Crippen LogP) is 3.06. The van der Waals surface area contributed by atoms with Gasteiger partial charge in [-0.05, 0) is 37.3 Å². The third kappa shape index (κ3) is 4.37. The van der Waals surface area contributed by atoms with Crippen molar-refractivity contribution in [3.63, 3.8) is 0 Å². The second kappa shape index (κ2) is 8.57. The molecule has 0 aromatic heterocycles. The van der Waals surface area contributed by atoms with Gasteiger partial charge in [-0.25, -0.2) is 8.42 Å². The van der Waals surface area contributed by atoms with Gasteiger partial charge in [-0.3, -0.25) is 9.69 Å². The molecule has 2 aromatic rings. The van der Waals surface area contributed by atoms with Crippen LogP contribution in [-0.2, 0) is 9.84 Å². The number of nitrogens with zero attached hydrogens (tertiary/aromatic N) is 1. The van der Waals surface area contributed by atoms with Gasteiger partial charge in [-0.15, -0.1) is 0 Å². The lowest BCUT2D eigenvalue weighted by molar-refractivity contribution is 0.0978. The van der Waals surface area contributed by atoms with E-state index in [0.29, 0.717) is 35.1 Å². The Bertz CT molecular complexity index is 1030. The Hall–Kier alpha value is -3.00. The number of para-hydroxylation sites is 1. The topological polar surface area (TPSA) is 82.1 Å². The summed E-state index contributed by atoms with van der Waals surface area (Å²) >= 11 is 0. The molecule has 7 nitrogen and oxygen atoms in total. The number of anilines is 1. The van der Waals surface area contributed by atoms with Crippen LogP contribution in [0.3, 0.4) is 0 Å². The van der Waals surface area contributed by atoms with E-state index in [0.717, 1.165) is 5.41 Å². The molecular weight excluding hydrogens is 394 g/mol. The summed E-state index contributed by atoms with van der Waals surface area (Å²) in [6.45, 7) is 2.23. The fourth-order valence-electron chi connectivity index (χ4n) is 3.20. The lowest BCUT2D eigenvalue weighted by Crippen LogP contribution is -2.41. The summed E-state index contributed by atoms with van der Waals surface area (Å²) in [5.74, 6) is 0.795. The van der Waals surface area contributed by atoms with Gasteiger partial charge >= 0.3 is 0 Å². The monoisotopic (exact) mass is 417 g/mol. The van der Waals surface area contributed by atoms with Crippen molar-refractivity contribution < 1.29 is 27.4 Å². The maximum absolute atomic E-state index is 13.6. The number of hydrogen-bond acceptors (Lipinski definition) is 6. The van der Waals surface area contributed by atoms with Crippen molar-refractivity contribution in [2.24, 2.45) is 0 Å². The van der Waals surface area contributed by atoms with E-state index in [1.54, 1.807) is 42.5 Å². The van der Waals surface area contributed by atoms with E-state index in [4.69, 9.17) is 14.2 Å². The van der Waals surface area contributed by atoms with Crippen LogP contribution >= 0.6 is 0 Å². The van der Waals surface area contributed by atoms with Crippen LogP contribution in [0.5, 0.6) is 17.2 Å². The number of amides is 1. The van der Waals surface area contributed by atoms with E-state index >= 15 is 0 Å². The highest BCUT2D eigenvalue weighted by Crippen LogP contribution is 2.36. The van der Waals surface area contributed by atoms with Gasteiger partial charge in [0, 0.05) is 11.5 Å². The summed E-state index contributed by atoms with van der Waals surface area (Å²) in [6, 6.07) is 11.2. The van der Waals surface area contributed by atoms with Crippen LogP contribution in [0.4, 0.5) is 5.69 Å². The first-order valence-electron chi connectivity index (χ1n) is 9.08. The minimum Gasteiger partial charge on any atom is -0.497 e. The van der Waals surface area contributed by atoms with E-state index in [2.05, 4.69) is 0 Å². The number of sulfone groups is 1. The number of hydrogen-bond donors (Lipinski definition) is 0. The Morgan fingerprint density at radius 2 is 1.86 bits per heavy atom. The first-order chi connectivity index (χ1) is 13.9. The molecule has 0 unspecified atom stereocenters. The number of carbonyl (C=O) groups excluding carboxylic acids is 1.